The van der Waals surface area contributed by atoms with E-state index in [1.165, 1.54) is 0 Å². The van der Waals surface area contributed by atoms with Gasteiger partial charge in [0, 0.05) is 62.2 Å². The number of pyridine rings is 1. The van der Waals surface area contributed by atoms with Crippen LogP contribution in [0.4, 0.5) is 5.82 Å². The Morgan fingerprint density at radius 2 is 1.87 bits per heavy atom. The zero-order chi connectivity index (χ0) is 26.4. The number of carbonyl (C=O) groups is 1. The maximum atomic E-state index is 12.0. The number of rotatable bonds is 5. The first-order valence-corrected chi connectivity index (χ1v) is 13.3. The highest BCUT2D eigenvalue weighted by atomic mass is 16.2. The van der Waals surface area contributed by atoms with Crippen LogP contribution in [0.25, 0.3) is 38.8 Å². The Labute approximate surface area is 222 Å². The van der Waals surface area contributed by atoms with Crippen LogP contribution >= 0.6 is 0 Å². The van der Waals surface area contributed by atoms with E-state index in [-0.39, 0.29) is 11.9 Å². The first-order valence-electron chi connectivity index (χ1n) is 13.3. The van der Waals surface area contributed by atoms with E-state index in [1.54, 1.807) is 6.92 Å². The number of hydrogen-bond donors (Lipinski definition) is 0. The third-order valence-electron chi connectivity index (χ3n) is 7.65. The van der Waals surface area contributed by atoms with Gasteiger partial charge in [0.05, 0.1) is 22.9 Å². The smallest absolute Gasteiger partial charge is 0.219 e. The topological polar surface area (TPSA) is 72.1 Å². The Morgan fingerprint density at radius 3 is 2.63 bits per heavy atom. The van der Waals surface area contributed by atoms with Crippen molar-refractivity contribution in [2.75, 3.05) is 24.5 Å². The number of para-hydroxylation sites is 1. The first-order chi connectivity index (χ1) is 18.4. The lowest BCUT2D eigenvalue weighted by molar-refractivity contribution is -0.129. The number of aromatic nitrogens is 5. The molecule has 0 spiro atoms. The molecular formula is C30H33N7O. The fourth-order valence-corrected chi connectivity index (χ4v) is 5.79. The van der Waals surface area contributed by atoms with Crippen LogP contribution in [0.5, 0.6) is 0 Å². The Kier molecular flexibility index (Phi) is 6.10. The number of anilines is 1. The van der Waals surface area contributed by atoms with Crippen LogP contribution in [-0.4, -0.2) is 61.0 Å². The molecule has 1 aliphatic heterocycles. The largest absolute Gasteiger partial charge is 0.350 e. The predicted molar refractivity (Wildman–Crippen MR) is 152 cm³/mol. The Balaban J connectivity index is 1.41. The van der Waals surface area contributed by atoms with E-state index < -0.39 is 0 Å². The van der Waals surface area contributed by atoms with Crippen molar-refractivity contribution in [3.05, 3.63) is 66.5 Å². The number of amides is 1. The summed E-state index contributed by atoms with van der Waals surface area (Å²) in [5.41, 5.74) is 6.13. The van der Waals surface area contributed by atoms with Crippen LogP contribution in [0.1, 0.15) is 32.3 Å². The zero-order valence-electron chi connectivity index (χ0n) is 22.4. The number of aryl methyl sites for hydroxylation is 2. The minimum atomic E-state index is 0.146. The fraction of sp³-hybridized carbons (Fsp3) is 0.333. The second-order valence-electron chi connectivity index (χ2n) is 10.2. The van der Waals surface area contributed by atoms with Gasteiger partial charge in [0.2, 0.25) is 5.91 Å². The summed E-state index contributed by atoms with van der Waals surface area (Å²) in [4.78, 5) is 21.2. The standard InChI is InChI=1S/C30H33N7O/c1-5-8-23-18-35(21(3)38)15-16-36(23)28-14-13-22(17-31-28)37-30-20(2)9-6-11-25(30)29(33-37)24-10-7-12-27-26(24)19-34(4)32-27/h6-7,9-14,17,19,23H,5,8,15-16,18H2,1-4H3. The molecule has 0 N–H and O–H groups in total. The number of carbonyl (C=O) groups excluding carboxylic acids is 1. The molecule has 1 aliphatic rings. The van der Waals surface area contributed by atoms with Gasteiger partial charge in [-0.15, -0.1) is 0 Å². The molecule has 3 aromatic heterocycles. The highest BCUT2D eigenvalue weighted by molar-refractivity contribution is 6.03. The molecule has 5 aromatic rings. The summed E-state index contributed by atoms with van der Waals surface area (Å²) in [6.07, 6.45) is 6.07. The van der Waals surface area contributed by atoms with E-state index in [9.17, 15) is 4.79 Å². The molecule has 1 amide bonds. The average Bonchev–Trinajstić information content (AvgIpc) is 3.50. The molecule has 0 bridgehead atoms. The predicted octanol–water partition coefficient (Wildman–Crippen LogP) is 5.12. The fourth-order valence-electron chi connectivity index (χ4n) is 5.79. The average molecular weight is 508 g/mol. The van der Waals surface area contributed by atoms with Crippen LogP contribution < -0.4 is 4.90 Å². The van der Waals surface area contributed by atoms with Crippen molar-refractivity contribution >= 4 is 33.5 Å². The molecular weight excluding hydrogens is 474 g/mol. The molecule has 1 unspecified atom stereocenters. The van der Waals surface area contributed by atoms with E-state index in [2.05, 4.69) is 66.4 Å². The molecule has 1 atom stereocenters. The van der Waals surface area contributed by atoms with Crippen LogP contribution in [0.15, 0.2) is 60.9 Å². The molecule has 4 heterocycles. The zero-order valence-corrected chi connectivity index (χ0v) is 22.4. The maximum Gasteiger partial charge on any atom is 0.219 e. The van der Waals surface area contributed by atoms with Gasteiger partial charge < -0.3 is 9.80 Å². The Morgan fingerprint density at radius 1 is 1.03 bits per heavy atom. The number of benzene rings is 2. The van der Waals surface area contributed by atoms with Crippen molar-refractivity contribution in [1.82, 2.24) is 29.4 Å². The third kappa shape index (κ3) is 4.10. The molecule has 1 fully saturated rings. The number of nitrogens with zero attached hydrogens (tertiary/aromatic N) is 7. The summed E-state index contributed by atoms with van der Waals surface area (Å²) in [6, 6.07) is 17.0. The lowest BCUT2D eigenvalue weighted by atomic mass is 10.0. The van der Waals surface area contributed by atoms with E-state index in [4.69, 9.17) is 10.1 Å². The highest BCUT2D eigenvalue weighted by Gasteiger charge is 2.28. The molecule has 194 valence electrons. The maximum absolute atomic E-state index is 12.0. The van der Waals surface area contributed by atoms with Crippen molar-refractivity contribution in [3.63, 3.8) is 0 Å². The number of hydrogen-bond acceptors (Lipinski definition) is 5. The highest BCUT2D eigenvalue weighted by Crippen LogP contribution is 2.35. The number of piperazine rings is 1. The van der Waals surface area contributed by atoms with E-state index in [1.807, 2.05) is 39.6 Å². The normalized spacial score (nSPS) is 16.1. The van der Waals surface area contributed by atoms with E-state index in [0.29, 0.717) is 0 Å². The van der Waals surface area contributed by atoms with E-state index in [0.717, 1.165) is 82.6 Å². The molecule has 0 radical (unpaired) electrons. The van der Waals surface area contributed by atoms with Crippen molar-refractivity contribution in [1.29, 1.82) is 0 Å². The minimum absolute atomic E-state index is 0.146. The van der Waals surface area contributed by atoms with E-state index >= 15 is 0 Å². The SMILES string of the molecule is CCCC1CN(C(C)=O)CCN1c1ccc(-n2nc(-c3cccc4nn(C)cc34)c3cccc(C)c32)cn1. The molecule has 8 nitrogen and oxygen atoms in total. The Hall–Kier alpha value is -4.20. The van der Waals surface area contributed by atoms with Crippen molar-refractivity contribution in [2.24, 2.45) is 7.05 Å². The van der Waals surface area contributed by atoms with Crippen molar-refractivity contribution in [2.45, 2.75) is 39.7 Å². The first kappa shape index (κ1) is 24.2. The van der Waals surface area contributed by atoms with Crippen molar-refractivity contribution < 1.29 is 4.79 Å². The van der Waals surface area contributed by atoms with Gasteiger partial charge in [0.25, 0.3) is 0 Å². The van der Waals surface area contributed by atoms with Crippen molar-refractivity contribution in [3.8, 4) is 16.9 Å². The molecule has 1 saturated heterocycles. The molecule has 38 heavy (non-hydrogen) atoms. The van der Waals surface area contributed by atoms with Crippen LogP contribution in [0.3, 0.4) is 0 Å². The van der Waals surface area contributed by atoms with Gasteiger partial charge in [-0.1, -0.05) is 43.7 Å². The van der Waals surface area contributed by atoms with Gasteiger partial charge >= 0.3 is 0 Å². The number of fused-ring (bicyclic) bond motifs is 2. The molecule has 0 saturated carbocycles. The van der Waals surface area contributed by atoms with Gasteiger partial charge in [-0.2, -0.15) is 10.2 Å². The quantitative estimate of drug-likeness (QED) is 0.330. The van der Waals surface area contributed by atoms with Crippen LogP contribution in [-0.2, 0) is 11.8 Å². The second-order valence-corrected chi connectivity index (χ2v) is 10.2. The monoisotopic (exact) mass is 507 g/mol. The van der Waals surface area contributed by atoms with Gasteiger partial charge in [-0.25, -0.2) is 9.67 Å². The minimum Gasteiger partial charge on any atom is -0.350 e. The summed E-state index contributed by atoms with van der Waals surface area (Å²) in [6.45, 7) is 8.24. The summed E-state index contributed by atoms with van der Waals surface area (Å²) in [5, 5.41) is 11.9. The van der Waals surface area contributed by atoms with Gasteiger partial charge in [-0.05, 0) is 37.1 Å². The third-order valence-corrected chi connectivity index (χ3v) is 7.65. The summed E-state index contributed by atoms with van der Waals surface area (Å²) >= 11 is 0. The molecule has 0 aliphatic carbocycles. The van der Waals surface area contributed by atoms with Gasteiger partial charge in [0.15, 0.2) is 0 Å². The molecule has 8 heteroatoms. The summed E-state index contributed by atoms with van der Waals surface area (Å²) in [5.74, 6) is 1.09. The lowest BCUT2D eigenvalue weighted by Crippen LogP contribution is -2.54. The Bertz CT molecular complexity index is 1630. The van der Waals surface area contributed by atoms with Crippen LogP contribution in [0, 0.1) is 6.92 Å². The second kappa shape index (κ2) is 9.59. The summed E-state index contributed by atoms with van der Waals surface area (Å²) in [7, 11) is 1.95. The lowest BCUT2D eigenvalue weighted by Gasteiger charge is -2.42. The van der Waals surface area contributed by atoms with Gasteiger partial charge in [-0.3, -0.25) is 9.48 Å². The van der Waals surface area contributed by atoms with Gasteiger partial charge in [0.1, 0.15) is 11.5 Å². The molecule has 2 aromatic carbocycles. The summed E-state index contributed by atoms with van der Waals surface area (Å²) < 4.78 is 3.87. The van der Waals surface area contributed by atoms with Crippen LogP contribution in [0.2, 0.25) is 0 Å². The molecule has 6 rings (SSSR count).